The fourth-order valence-electron chi connectivity index (χ4n) is 0.625. The molecule has 0 aliphatic heterocycles. The first-order chi connectivity index (χ1) is 6.02. The molecule has 0 aromatic heterocycles. The van der Waals surface area contributed by atoms with Crippen molar-refractivity contribution in [2.75, 3.05) is 18.1 Å². The number of nitriles is 1. The average molecular weight is 204 g/mol. The summed E-state index contributed by atoms with van der Waals surface area (Å²) in [6, 6.07) is 1.67. The molecular weight excluding hydrogens is 192 g/mol. The highest BCUT2D eigenvalue weighted by Crippen LogP contribution is 1.87. The predicted molar refractivity (Wildman–Crippen MR) is 47.6 cm³/mol. The van der Waals surface area contributed by atoms with Crippen LogP contribution in [0.15, 0.2) is 0 Å². The van der Waals surface area contributed by atoms with Gasteiger partial charge in [-0.15, -0.1) is 0 Å². The average Bonchev–Trinajstić information content (AvgIpc) is 2.05. The summed E-state index contributed by atoms with van der Waals surface area (Å²) in [5.41, 5.74) is 0. The van der Waals surface area contributed by atoms with Crippen LogP contribution in [0.5, 0.6) is 0 Å². The van der Waals surface area contributed by atoms with E-state index < -0.39 is 15.7 Å². The minimum atomic E-state index is -3.03. The second-order valence-corrected chi connectivity index (χ2v) is 4.89. The van der Waals surface area contributed by atoms with E-state index in [1.165, 1.54) is 0 Å². The van der Waals surface area contributed by atoms with E-state index in [-0.39, 0.29) is 24.5 Å². The number of sulfone groups is 1. The Hall–Kier alpha value is -1.09. The zero-order chi connectivity index (χ0) is 10.3. The van der Waals surface area contributed by atoms with Crippen molar-refractivity contribution in [2.45, 2.75) is 13.3 Å². The van der Waals surface area contributed by atoms with Crippen molar-refractivity contribution in [3.05, 3.63) is 0 Å². The number of amides is 1. The Morgan fingerprint density at radius 3 is 2.62 bits per heavy atom. The van der Waals surface area contributed by atoms with Crippen molar-refractivity contribution in [3.8, 4) is 6.07 Å². The molecule has 0 saturated carbocycles. The van der Waals surface area contributed by atoms with E-state index in [1.54, 1.807) is 13.0 Å². The van der Waals surface area contributed by atoms with E-state index in [2.05, 4.69) is 5.32 Å². The molecule has 74 valence electrons. The summed E-state index contributed by atoms with van der Waals surface area (Å²) >= 11 is 0. The highest BCUT2D eigenvalue weighted by molar-refractivity contribution is 7.91. The van der Waals surface area contributed by atoms with Gasteiger partial charge >= 0.3 is 0 Å². The molecule has 0 atom stereocenters. The number of nitrogens with one attached hydrogen (secondary N) is 1. The first-order valence-electron chi connectivity index (χ1n) is 3.86. The van der Waals surface area contributed by atoms with Crippen LogP contribution in [-0.2, 0) is 14.6 Å². The van der Waals surface area contributed by atoms with E-state index >= 15 is 0 Å². The molecule has 0 aliphatic carbocycles. The van der Waals surface area contributed by atoms with Gasteiger partial charge in [0, 0.05) is 12.3 Å². The van der Waals surface area contributed by atoms with Gasteiger partial charge < -0.3 is 5.32 Å². The summed E-state index contributed by atoms with van der Waals surface area (Å²) in [6.45, 7) is 1.63. The Morgan fingerprint density at radius 1 is 1.54 bits per heavy atom. The molecule has 0 fully saturated rings. The maximum Gasteiger partial charge on any atom is 0.234 e. The second-order valence-electron chi connectivity index (χ2n) is 2.42. The van der Waals surface area contributed by atoms with Gasteiger partial charge in [0.2, 0.25) is 5.91 Å². The SMILES string of the molecule is CCS(=O)(=O)CCNC(=O)CC#N. The first kappa shape index (κ1) is 11.9. The zero-order valence-electron chi connectivity index (χ0n) is 7.41. The molecule has 0 radical (unpaired) electrons. The Kier molecular flexibility index (Phi) is 5.07. The van der Waals surface area contributed by atoms with Crippen molar-refractivity contribution < 1.29 is 13.2 Å². The van der Waals surface area contributed by atoms with Crippen LogP contribution in [-0.4, -0.2) is 32.4 Å². The quantitative estimate of drug-likeness (QED) is 0.651. The van der Waals surface area contributed by atoms with Gasteiger partial charge in [0.05, 0.1) is 11.8 Å². The molecule has 1 N–H and O–H groups in total. The fraction of sp³-hybridized carbons (Fsp3) is 0.714. The predicted octanol–water partition coefficient (Wildman–Crippen LogP) is -0.549. The van der Waals surface area contributed by atoms with Crippen molar-refractivity contribution >= 4 is 15.7 Å². The minimum absolute atomic E-state index is 0.0688. The van der Waals surface area contributed by atoms with Gasteiger partial charge in [0.25, 0.3) is 0 Å². The summed E-state index contributed by atoms with van der Waals surface area (Å²) in [5.74, 6) is -0.435. The molecule has 0 spiro atoms. The molecule has 5 nitrogen and oxygen atoms in total. The van der Waals surface area contributed by atoms with Gasteiger partial charge in [-0.25, -0.2) is 8.42 Å². The number of hydrogen-bond donors (Lipinski definition) is 1. The van der Waals surface area contributed by atoms with Gasteiger partial charge in [-0.1, -0.05) is 6.92 Å². The summed E-state index contributed by atoms with van der Waals surface area (Å²) in [4.78, 5) is 10.7. The second kappa shape index (κ2) is 5.54. The Morgan fingerprint density at radius 2 is 2.15 bits per heavy atom. The monoisotopic (exact) mass is 204 g/mol. The smallest absolute Gasteiger partial charge is 0.234 e. The lowest BCUT2D eigenvalue weighted by Crippen LogP contribution is -2.29. The third kappa shape index (κ3) is 6.11. The van der Waals surface area contributed by atoms with Crippen LogP contribution in [0.3, 0.4) is 0 Å². The number of carbonyl (C=O) groups is 1. The summed E-state index contributed by atoms with van der Waals surface area (Å²) < 4.78 is 21.8. The van der Waals surface area contributed by atoms with E-state index in [0.29, 0.717) is 0 Å². The lowest BCUT2D eigenvalue weighted by Gasteiger charge is -2.01. The number of nitrogens with zero attached hydrogens (tertiary/aromatic N) is 1. The van der Waals surface area contributed by atoms with Gasteiger partial charge in [-0.05, 0) is 0 Å². The summed E-state index contributed by atoms with van der Waals surface area (Å²) in [5, 5.41) is 10.4. The van der Waals surface area contributed by atoms with Crippen molar-refractivity contribution in [1.29, 1.82) is 5.26 Å². The lowest BCUT2D eigenvalue weighted by atomic mass is 10.4. The Balaban J connectivity index is 3.70. The van der Waals surface area contributed by atoms with Crippen LogP contribution in [0.25, 0.3) is 0 Å². The van der Waals surface area contributed by atoms with Gasteiger partial charge in [-0.3, -0.25) is 4.79 Å². The van der Waals surface area contributed by atoms with Crippen LogP contribution < -0.4 is 5.32 Å². The Bertz CT molecular complexity index is 302. The maximum atomic E-state index is 10.9. The molecule has 13 heavy (non-hydrogen) atoms. The zero-order valence-corrected chi connectivity index (χ0v) is 8.23. The third-order valence-corrected chi connectivity index (χ3v) is 3.12. The molecule has 0 heterocycles. The van der Waals surface area contributed by atoms with Gasteiger partial charge in [0.1, 0.15) is 6.42 Å². The van der Waals surface area contributed by atoms with Crippen LogP contribution >= 0.6 is 0 Å². The fourth-order valence-corrected chi connectivity index (χ4v) is 1.33. The number of carbonyl (C=O) groups excluding carboxylic acids is 1. The molecular formula is C7H12N2O3S. The molecule has 0 aromatic rings. The minimum Gasteiger partial charge on any atom is -0.354 e. The van der Waals surface area contributed by atoms with Crippen LogP contribution in [0.4, 0.5) is 0 Å². The molecule has 1 amide bonds. The van der Waals surface area contributed by atoms with Crippen molar-refractivity contribution in [3.63, 3.8) is 0 Å². The molecule has 0 aliphatic rings. The molecule has 0 rings (SSSR count). The van der Waals surface area contributed by atoms with Crippen LogP contribution in [0.2, 0.25) is 0 Å². The first-order valence-corrected chi connectivity index (χ1v) is 5.68. The van der Waals surface area contributed by atoms with Gasteiger partial charge in [-0.2, -0.15) is 5.26 Å². The number of rotatable bonds is 5. The summed E-state index contributed by atoms with van der Waals surface area (Å²) in [6.07, 6.45) is -0.230. The highest BCUT2D eigenvalue weighted by atomic mass is 32.2. The van der Waals surface area contributed by atoms with E-state index in [9.17, 15) is 13.2 Å². The standard InChI is InChI=1S/C7H12N2O3S/c1-2-13(11,12)6-5-9-7(10)3-4-8/h2-3,5-6H2,1H3,(H,9,10). The largest absolute Gasteiger partial charge is 0.354 e. The topological polar surface area (TPSA) is 87.0 Å². The summed E-state index contributed by atoms with van der Waals surface area (Å²) in [7, 11) is -3.03. The molecule has 0 saturated heterocycles. The van der Waals surface area contributed by atoms with Crippen LogP contribution in [0, 0.1) is 11.3 Å². The molecule has 0 bridgehead atoms. The van der Waals surface area contributed by atoms with Crippen molar-refractivity contribution in [1.82, 2.24) is 5.32 Å². The molecule has 0 unspecified atom stereocenters. The van der Waals surface area contributed by atoms with Gasteiger partial charge in [0.15, 0.2) is 9.84 Å². The normalized spacial score (nSPS) is 10.5. The molecule has 0 aromatic carbocycles. The highest BCUT2D eigenvalue weighted by Gasteiger charge is 2.07. The lowest BCUT2D eigenvalue weighted by molar-refractivity contribution is -0.119. The van der Waals surface area contributed by atoms with Crippen LogP contribution in [0.1, 0.15) is 13.3 Å². The van der Waals surface area contributed by atoms with E-state index in [4.69, 9.17) is 5.26 Å². The third-order valence-electron chi connectivity index (χ3n) is 1.41. The molecule has 6 heteroatoms. The van der Waals surface area contributed by atoms with E-state index in [1.807, 2.05) is 0 Å². The number of hydrogen-bond acceptors (Lipinski definition) is 4. The maximum absolute atomic E-state index is 10.9. The van der Waals surface area contributed by atoms with Crippen molar-refractivity contribution in [2.24, 2.45) is 0 Å². The Labute approximate surface area is 77.7 Å². The van der Waals surface area contributed by atoms with E-state index in [0.717, 1.165) is 0 Å².